The monoisotopic (exact) mass is 453 g/mol. The third-order valence-corrected chi connectivity index (χ3v) is 5.61. The number of rotatable bonds is 10. The van der Waals surface area contributed by atoms with Crippen LogP contribution in [0.3, 0.4) is 0 Å². The van der Waals surface area contributed by atoms with Crippen molar-refractivity contribution in [3.8, 4) is 5.75 Å². The zero-order chi connectivity index (χ0) is 22.9. The molecule has 0 aliphatic heterocycles. The molecule has 1 heterocycles. The molecule has 0 aliphatic rings. The van der Waals surface area contributed by atoms with E-state index in [1.165, 1.54) is 16.7 Å². The van der Waals surface area contributed by atoms with E-state index in [0.717, 1.165) is 25.2 Å². The second-order valence-electron chi connectivity index (χ2n) is 7.30. The SMILES string of the molecule is CCN(CC)CCOc1ccccc1NC(=O)c1ccc(=O)n(Cc2ccccc2Cl)c1. The third-order valence-electron chi connectivity index (χ3n) is 5.24. The topological polar surface area (TPSA) is 63.6 Å². The lowest BCUT2D eigenvalue weighted by Crippen LogP contribution is -2.28. The molecule has 6 nitrogen and oxygen atoms in total. The minimum absolute atomic E-state index is 0.207. The summed E-state index contributed by atoms with van der Waals surface area (Å²) in [6.45, 7) is 7.76. The number of ether oxygens (including phenoxy) is 1. The van der Waals surface area contributed by atoms with E-state index in [4.69, 9.17) is 16.3 Å². The number of nitrogens with zero attached hydrogens (tertiary/aromatic N) is 2. The van der Waals surface area contributed by atoms with Crippen molar-refractivity contribution in [2.75, 3.05) is 31.6 Å². The van der Waals surface area contributed by atoms with Crippen molar-refractivity contribution in [1.82, 2.24) is 9.47 Å². The van der Waals surface area contributed by atoms with Gasteiger partial charge in [-0.1, -0.05) is 55.8 Å². The summed E-state index contributed by atoms with van der Waals surface area (Å²) in [6, 6.07) is 17.6. The number of likely N-dealkylation sites (N-methyl/N-ethyl adjacent to an activating group) is 1. The number of aromatic nitrogens is 1. The summed E-state index contributed by atoms with van der Waals surface area (Å²) >= 11 is 6.22. The van der Waals surface area contributed by atoms with Gasteiger partial charge in [0.05, 0.1) is 17.8 Å². The number of amides is 1. The lowest BCUT2D eigenvalue weighted by atomic mass is 10.2. The van der Waals surface area contributed by atoms with Crippen LogP contribution in [0.5, 0.6) is 5.75 Å². The molecule has 0 aliphatic carbocycles. The summed E-state index contributed by atoms with van der Waals surface area (Å²) in [4.78, 5) is 27.5. The standard InChI is InChI=1S/C25H28ClN3O3/c1-3-28(4-2)15-16-32-23-12-8-7-11-22(23)27-25(31)20-13-14-24(30)29(18-20)17-19-9-5-6-10-21(19)26/h5-14,18H,3-4,15-17H2,1-2H3,(H,27,31). The Morgan fingerprint density at radius 3 is 2.50 bits per heavy atom. The summed E-state index contributed by atoms with van der Waals surface area (Å²) < 4.78 is 7.39. The van der Waals surface area contributed by atoms with Crippen LogP contribution in [0, 0.1) is 0 Å². The Morgan fingerprint density at radius 2 is 1.75 bits per heavy atom. The number of hydrogen-bond acceptors (Lipinski definition) is 4. The van der Waals surface area contributed by atoms with Gasteiger partial charge >= 0.3 is 0 Å². The van der Waals surface area contributed by atoms with Crippen LogP contribution < -0.4 is 15.6 Å². The van der Waals surface area contributed by atoms with Crippen LogP contribution in [0.1, 0.15) is 29.8 Å². The van der Waals surface area contributed by atoms with E-state index in [1.807, 2.05) is 36.4 Å². The second-order valence-corrected chi connectivity index (χ2v) is 7.71. The van der Waals surface area contributed by atoms with Crippen molar-refractivity contribution in [3.63, 3.8) is 0 Å². The van der Waals surface area contributed by atoms with Crippen LogP contribution in [0.2, 0.25) is 5.02 Å². The normalized spacial score (nSPS) is 10.9. The maximum absolute atomic E-state index is 12.9. The van der Waals surface area contributed by atoms with Crippen molar-refractivity contribution in [1.29, 1.82) is 0 Å². The Balaban J connectivity index is 1.72. The number of hydrogen-bond donors (Lipinski definition) is 1. The first-order valence-electron chi connectivity index (χ1n) is 10.7. The van der Waals surface area contributed by atoms with Crippen molar-refractivity contribution >= 4 is 23.2 Å². The van der Waals surface area contributed by atoms with Crippen LogP contribution >= 0.6 is 11.6 Å². The van der Waals surface area contributed by atoms with Crippen LogP contribution in [0.4, 0.5) is 5.69 Å². The maximum atomic E-state index is 12.9. The minimum atomic E-state index is -0.322. The van der Waals surface area contributed by atoms with Crippen LogP contribution in [-0.4, -0.2) is 41.6 Å². The highest BCUT2D eigenvalue weighted by atomic mass is 35.5. The van der Waals surface area contributed by atoms with Gasteiger partial charge < -0.3 is 19.5 Å². The molecule has 2 aromatic carbocycles. The first kappa shape index (κ1) is 23.6. The Labute approximate surface area is 193 Å². The molecule has 0 bridgehead atoms. The predicted octanol–water partition coefficient (Wildman–Crippen LogP) is 4.52. The number of benzene rings is 2. The van der Waals surface area contributed by atoms with Gasteiger partial charge in [0.1, 0.15) is 12.4 Å². The molecule has 0 fully saturated rings. The number of carbonyl (C=O) groups is 1. The van der Waals surface area contributed by atoms with E-state index < -0.39 is 0 Å². The Hall–Kier alpha value is -3.09. The number of para-hydroxylation sites is 2. The first-order chi connectivity index (χ1) is 15.5. The molecule has 0 saturated heterocycles. The second kappa shape index (κ2) is 11.5. The fraction of sp³-hybridized carbons (Fsp3) is 0.280. The third kappa shape index (κ3) is 6.22. The molecular weight excluding hydrogens is 426 g/mol. The van der Waals surface area contributed by atoms with Crippen molar-refractivity contribution in [2.45, 2.75) is 20.4 Å². The highest BCUT2D eigenvalue weighted by Gasteiger charge is 2.12. The Bertz CT molecular complexity index is 1110. The maximum Gasteiger partial charge on any atom is 0.257 e. The largest absolute Gasteiger partial charge is 0.490 e. The molecule has 0 atom stereocenters. The molecule has 1 N–H and O–H groups in total. The minimum Gasteiger partial charge on any atom is -0.490 e. The molecule has 1 aromatic heterocycles. The molecule has 0 saturated carbocycles. The smallest absolute Gasteiger partial charge is 0.257 e. The number of carbonyl (C=O) groups excluding carboxylic acids is 1. The summed E-state index contributed by atoms with van der Waals surface area (Å²) in [7, 11) is 0. The van der Waals surface area contributed by atoms with Crippen molar-refractivity contribution in [2.24, 2.45) is 0 Å². The predicted molar refractivity (Wildman–Crippen MR) is 129 cm³/mol. The van der Waals surface area contributed by atoms with Gasteiger partial charge in [0.15, 0.2) is 0 Å². The average Bonchev–Trinajstić information content (AvgIpc) is 2.80. The fourth-order valence-electron chi connectivity index (χ4n) is 3.31. The van der Waals surface area contributed by atoms with Crippen LogP contribution in [-0.2, 0) is 6.54 Å². The number of pyridine rings is 1. The molecule has 3 rings (SSSR count). The van der Waals surface area contributed by atoms with Gasteiger partial charge in [-0.15, -0.1) is 0 Å². The lowest BCUT2D eigenvalue weighted by molar-refractivity contribution is 0.102. The van der Waals surface area contributed by atoms with Crippen LogP contribution in [0.25, 0.3) is 0 Å². The highest BCUT2D eigenvalue weighted by Crippen LogP contribution is 2.24. The summed E-state index contributed by atoms with van der Waals surface area (Å²) in [5.41, 5.74) is 1.55. The molecule has 0 radical (unpaired) electrons. The fourth-order valence-corrected chi connectivity index (χ4v) is 3.51. The van der Waals surface area contributed by atoms with Crippen LogP contribution in [0.15, 0.2) is 71.7 Å². The molecule has 168 valence electrons. The van der Waals surface area contributed by atoms with Gasteiger partial charge in [-0.05, 0) is 42.9 Å². The summed E-state index contributed by atoms with van der Waals surface area (Å²) in [5.74, 6) is 0.287. The van der Waals surface area contributed by atoms with Crippen molar-refractivity contribution in [3.05, 3.63) is 93.4 Å². The van der Waals surface area contributed by atoms with Gasteiger partial charge in [-0.2, -0.15) is 0 Å². The molecule has 3 aromatic rings. The molecule has 0 spiro atoms. The Kier molecular flexibility index (Phi) is 8.48. The molecule has 32 heavy (non-hydrogen) atoms. The van der Waals surface area contributed by atoms with E-state index in [2.05, 4.69) is 24.1 Å². The summed E-state index contributed by atoms with van der Waals surface area (Å²) in [6.07, 6.45) is 1.55. The van der Waals surface area contributed by atoms with E-state index >= 15 is 0 Å². The zero-order valence-electron chi connectivity index (χ0n) is 18.4. The molecule has 0 unspecified atom stereocenters. The zero-order valence-corrected chi connectivity index (χ0v) is 19.1. The van der Waals surface area contributed by atoms with Crippen molar-refractivity contribution < 1.29 is 9.53 Å². The van der Waals surface area contributed by atoms with Gasteiger partial charge in [0.2, 0.25) is 0 Å². The van der Waals surface area contributed by atoms with E-state index in [9.17, 15) is 9.59 Å². The van der Waals surface area contributed by atoms with E-state index in [1.54, 1.807) is 18.3 Å². The summed E-state index contributed by atoms with van der Waals surface area (Å²) in [5, 5.41) is 3.47. The molecular formula is C25H28ClN3O3. The average molecular weight is 454 g/mol. The van der Waals surface area contributed by atoms with Gasteiger partial charge in [-0.25, -0.2) is 0 Å². The lowest BCUT2D eigenvalue weighted by Gasteiger charge is -2.19. The molecule has 1 amide bonds. The number of halogens is 1. The molecule has 7 heteroatoms. The van der Waals surface area contributed by atoms with Gasteiger partial charge in [0.25, 0.3) is 11.5 Å². The van der Waals surface area contributed by atoms with E-state index in [-0.39, 0.29) is 18.0 Å². The quantitative estimate of drug-likeness (QED) is 0.490. The Morgan fingerprint density at radius 1 is 1.03 bits per heavy atom. The van der Waals surface area contributed by atoms with Gasteiger partial charge in [-0.3, -0.25) is 9.59 Å². The highest BCUT2D eigenvalue weighted by molar-refractivity contribution is 6.31. The number of anilines is 1. The van der Waals surface area contributed by atoms with E-state index in [0.29, 0.717) is 28.6 Å². The first-order valence-corrected chi connectivity index (χ1v) is 11.1. The van der Waals surface area contributed by atoms with Gasteiger partial charge in [0, 0.05) is 23.8 Å². The number of nitrogens with one attached hydrogen (secondary N) is 1.